The summed E-state index contributed by atoms with van der Waals surface area (Å²) in [6.45, 7) is 1.91. The van der Waals surface area contributed by atoms with E-state index in [2.05, 4.69) is 10.6 Å². The highest BCUT2D eigenvalue weighted by molar-refractivity contribution is 7.85. The summed E-state index contributed by atoms with van der Waals surface area (Å²) in [6.07, 6.45) is -4.19. The lowest BCUT2D eigenvalue weighted by Gasteiger charge is -2.35. The van der Waals surface area contributed by atoms with E-state index < -0.39 is 82.6 Å². The van der Waals surface area contributed by atoms with E-state index in [9.17, 15) is 57.1 Å². The number of benzene rings is 1. The average molecular weight is 748 g/mol. The van der Waals surface area contributed by atoms with Crippen LogP contribution in [0.25, 0.3) is 0 Å². The highest BCUT2D eigenvalue weighted by Gasteiger charge is 2.42. The number of ether oxygens (including phenoxy) is 5. The minimum atomic E-state index is -4.71. The summed E-state index contributed by atoms with van der Waals surface area (Å²) in [6, 6.07) is 2.73. The van der Waals surface area contributed by atoms with Crippen LogP contribution in [0.1, 0.15) is 32.3 Å². The van der Waals surface area contributed by atoms with Gasteiger partial charge in [0.1, 0.15) is 42.6 Å². The first-order valence-electron chi connectivity index (χ1n) is 15.3. The van der Waals surface area contributed by atoms with Gasteiger partial charge in [-0.3, -0.25) is 33.4 Å². The van der Waals surface area contributed by atoms with Gasteiger partial charge in [0, 0.05) is 44.5 Å². The normalized spacial score (nSPS) is 19.4. The minimum absolute atomic E-state index is 0.0122. The molecular formula is C30H41N3O17S. The van der Waals surface area contributed by atoms with Crippen molar-refractivity contribution in [1.29, 1.82) is 0 Å². The zero-order chi connectivity index (χ0) is 38.1. The number of aliphatic hydroxyl groups is 2. The molecule has 4 unspecified atom stereocenters. The number of nitrogens with zero attached hydrogens (tertiary/aromatic N) is 1. The number of esters is 1. The molecule has 2 rings (SSSR count). The molecule has 51 heavy (non-hydrogen) atoms. The Hall–Kier alpha value is -4.67. The smallest absolute Gasteiger partial charge is 0.335 e. The van der Waals surface area contributed by atoms with Gasteiger partial charge in [0.05, 0.1) is 19.3 Å². The molecule has 0 radical (unpaired) electrons. The van der Waals surface area contributed by atoms with E-state index in [4.69, 9.17) is 23.7 Å². The summed E-state index contributed by atoms with van der Waals surface area (Å²) in [5.41, 5.74) is 0.353. The number of aliphatic carboxylic acids is 1. The lowest BCUT2D eigenvalue weighted by atomic mass is 10.0. The van der Waals surface area contributed by atoms with Crippen LogP contribution >= 0.6 is 0 Å². The molecule has 0 aliphatic carbocycles. The minimum Gasteiger partial charge on any atom is -0.491 e. The number of carboxylic acid groups (broad SMARTS) is 1. The van der Waals surface area contributed by atoms with Crippen LogP contribution in [0, 0.1) is 0 Å². The summed E-state index contributed by atoms with van der Waals surface area (Å²) in [4.78, 5) is 71.3. The van der Waals surface area contributed by atoms with E-state index >= 15 is 0 Å². The molecule has 1 fully saturated rings. The molecular weight excluding hydrogens is 706 g/mol. The molecule has 0 spiro atoms. The Morgan fingerprint density at radius 1 is 1.14 bits per heavy atom. The number of carboxylic acids is 1. The van der Waals surface area contributed by atoms with E-state index in [0.717, 1.165) is 6.08 Å². The van der Waals surface area contributed by atoms with E-state index in [1.165, 1.54) is 31.2 Å². The number of imide groups is 1. The SMILES string of the molecule is C/C=C\C(=O)N(C=O)CCC(=O)NC(CS(=O)(=O)O)C(=O)NCCOCCOc1ccc(COC(C)=O)c(OC2CC(O)[C@H](O)C(C(=O)O)O2)c1. The highest BCUT2D eigenvalue weighted by Crippen LogP contribution is 2.30. The second kappa shape index (κ2) is 20.9. The molecule has 1 aliphatic rings. The van der Waals surface area contributed by atoms with Crippen molar-refractivity contribution in [3.63, 3.8) is 0 Å². The molecule has 0 saturated carbocycles. The lowest BCUT2D eigenvalue weighted by molar-refractivity contribution is -0.228. The van der Waals surface area contributed by atoms with Crippen molar-refractivity contribution >= 4 is 46.2 Å². The third-order valence-electron chi connectivity index (χ3n) is 6.78. The first-order valence-corrected chi connectivity index (χ1v) is 16.9. The van der Waals surface area contributed by atoms with Crippen LogP contribution in [-0.4, -0.2) is 139 Å². The van der Waals surface area contributed by atoms with Gasteiger partial charge < -0.3 is 49.6 Å². The Kier molecular flexibility index (Phi) is 17.4. The maximum absolute atomic E-state index is 12.6. The van der Waals surface area contributed by atoms with E-state index in [1.54, 1.807) is 6.92 Å². The predicted molar refractivity (Wildman–Crippen MR) is 170 cm³/mol. The number of carbonyl (C=O) groups excluding carboxylic acids is 5. The van der Waals surface area contributed by atoms with E-state index in [1.807, 2.05) is 0 Å². The van der Waals surface area contributed by atoms with Crippen molar-refractivity contribution in [2.75, 3.05) is 38.7 Å². The Morgan fingerprint density at radius 3 is 2.49 bits per heavy atom. The van der Waals surface area contributed by atoms with Crippen molar-refractivity contribution < 1.29 is 80.7 Å². The van der Waals surface area contributed by atoms with Gasteiger partial charge in [-0.2, -0.15) is 8.42 Å². The summed E-state index contributed by atoms with van der Waals surface area (Å²) in [5.74, 6) is -5.43. The highest BCUT2D eigenvalue weighted by atomic mass is 32.2. The number of hydrogen-bond acceptors (Lipinski definition) is 15. The fourth-order valence-electron chi connectivity index (χ4n) is 4.32. The van der Waals surface area contributed by atoms with Crippen LogP contribution < -0.4 is 20.1 Å². The topological polar surface area (TPSA) is 291 Å². The number of rotatable bonds is 21. The molecule has 1 saturated heterocycles. The van der Waals surface area contributed by atoms with Crippen molar-refractivity contribution in [3.05, 3.63) is 35.9 Å². The first kappa shape index (κ1) is 42.5. The average Bonchev–Trinajstić information content (AvgIpc) is 3.04. The second-order valence-electron chi connectivity index (χ2n) is 10.8. The third-order valence-corrected chi connectivity index (χ3v) is 7.53. The zero-order valence-corrected chi connectivity index (χ0v) is 28.5. The van der Waals surface area contributed by atoms with Gasteiger partial charge in [-0.1, -0.05) is 6.08 Å². The number of allylic oxidation sites excluding steroid dienone is 1. The Labute approximate surface area is 292 Å². The monoisotopic (exact) mass is 747 g/mol. The summed E-state index contributed by atoms with van der Waals surface area (Å²) < 4.78 is 59.2. The molecule has 284 valence electrons. The fourth-order valence-corrected chi connectivity index (χ4v) is 4.97. The van der Waals surface area contributed by atoms with Crippen LogP contribution in [0.3, 0.4) is 0 Å². The van der Waals surface area contributed by atoms with Gasteiger partial charge in [0.15, 0.2) is 6.10 Å². The molecule has 1 aromatic rings. The molecule has 21 heteroatoms. The fraction of sp³-hybridized carbons (Fsp3) is 0.533. The van der Waals surface area contributed by atoms with Gasteiger partial charge in [-0.15, -0.1) is 0 Å². The van der Waals surface area contributed by atoms with Gasteiger partial charge in [0.2, 0.25) is 24.5 Å². The second-order valence-corrected chi connectivity index (χ2v) is 12.3. The molecule has 4 amide bonds. The van der Waals surface area contributed by atoms with Crippen molar-refractivity contribution in [2.45, 2.75) is 63.9 Å². The Balaban J connectivity index is 1.89. The maximum Gasteiger partial charge on any atom is 0.335 e. The van der Waals surface area contributed by atoms with Gasteiger partial charge in [0.25, 0.3) is 16.0 Å². The molecule has 0 aromatic heterocycles. The molecule has 1 heterocycles. The van der Waals surface area contributed by atoms with Gasteiger partial charge in [-0.05, 0) is 25.1 Å². The first-order chi connectivity index (χ1) is 24.0. The zero-order valence-electron chi connectivity index (χ0n) is 27.7. The van der Waals surface area contributed by atoms with Crippen molar-refractivity contribution in [1.82, 2.24) is 15.5 Å². The largest absolute Gasteiger partial charge is 0.491 e. The van der Waals surface area contributed by atoms with Crippen molar-refractivity contribution in [3.8, 4) is 11.5 Å². The Bertz CT molecular complexity index is 1520. The van der Waals surface area contributed by atoms with Crippen LogP contribution in [0.2, 0.25) is 0 Å². The van der Waals surface area contributed by atoms with Gasteiger partial charge in [-0.25, -0.2) is 4.79 Å². The molecule has 6 N–H and O–H groups in total. The summed E-state index contributed by atoms with van der Waals surface area (Å²) >= 11 is 0. The predicted octanol–water partition coefficient (Wildman–Crippen LogP) is -2.11. The van der Waals surface area contributed by atoms with E-state index in [0.29, 0.717) is 10.5 Å². The number of amides is 4. The quantitative estimate of drug-likeness (QED) is 0.0258. The Morgan fingerprint density at radius 2 is 1.86 bits per heavy atom. The molecule has 5 atom stereocenters. The lowest BCUT2D eigenvalue weighted by Crippen LogP contribution is -2.53. The number of nitrogens with one attached hydrogen (secondary N) is 2. The van der Waals surface area contributed by atoms with Crippen molar-refractivity contribution in [2.24, 2.45) is 0 Å². The number of carbonyl (C=O) groups is 6. The van der Waals surface area contributed by atoms with Gasteiger partial charge >= 0.3 is 11.9 Å². The summed E-state index contributed by atoms with van der Waals surface area (Å²) in [7, 11) is -4.71. The summed E-state index contributed by atoms with van der Waals surface area (Å²) in [5, 5.41) is 33.8. The molecule has 1 aromatic carbocycles. The number of hydrogen-bond donors (Lipinski definition) is 6. The number of aliphatic hydroxyl groups excluding tert-OH is 2. The van der Waals surface area contributed by atoms with Crippen LogP contribution in [-0.2, 0) is 59.7 Å². The van der Waals surface area contributed by atoms with Crippen LogP contribution in [0.4, 0.5) is 0 Å². The maximum atomic E-state index is 12.6. The third kappa shape index (κ3) is 15.4. The molecule has 0 bridgehead atoms. The van der Waals surface area contributed by atoms with Crippen LogP contribution in [0.15, 0.2) is 30.4 Å². The standard InChI is InChI=1S/C30H41N3O17S/c1-3-4-25(38)33(17-34)9-7-24(37)32-21(16-51(43,44)45)29(40)31-8-10-46-11-12-47-20-6-5-19(15-48-18(2)35)23(13-20)49-26-14-22(36)27(39)28(50-26)30(41)42/h3-6,13,17,21-22,26-28,36,39H,7-12,14-16H2,1-2H3,(H,31,40)(H,32,37)(H,41,42)(H,43,44,45)/b4-3-/t21?,22?,26?,27-,28?/m0/s1. The molecule has 20 nitrogen and oxygen atoms in total. The molecule has 1 aliphatic heterocycles. The van der Waals surface area contributed by atoms with Crippen LogP contribution in [0.5, 0.6) is 11.5 Å². The van der Waals surface area contributed by atoms with E-state index in [-0.39, 0.29) is 63.8 Å².